The Morgan fingerprint density at radius 2 is 2.09 bits per heavy atom. The Balaban J connectivity index is 2.34. The maximum absolute atomic E-state index is 12.1. The van der Waals surface area contributed by atoms with Crippen LogP contribution in [0.4, 0.5) is 8.78 Å². The van der Waals surface area contributed by atoms with Crippen molar-refractivity contribution >= 4 is 0 Å². The smallest absolute Gasteiger partial charge is 0.107 e. The number of hydrogen-bond acceptors (Lipinski definition) is 2. The first-order chi connectivity index (χ1) is 5.27. The molecule has 1 rings (SSSR count). The molecule has 0 spiro atoms. The van der Waals surface area contributed by atoms with Crippen molar-refractivity contribution < 1.29 is 8.78 Å². The number of halogens is 2. The lowest BCUT2D eigenvalue weighted by molar-refractivity contribution is 0.166. The van der Waals surface area contributed by atoms with Crippen LogP contribution in [-0.2, 0) is 0 Å². The summed E-state index contributed by atoms with van der Waals surface area (Å²) >= 11 is 0. The van der Waals surface area contributed by atoms with Crippen molar-refractivity contribution in [1.82, 2.24) is 4.90 Å². The maximum atomic E-state index is 12.1. The molecular formula is C7H14F2N2. The Bertz CT molecular complexity index is 117. The van der Waals surface area contributed by atoms with Crippen molar-refractivity contribution in [1.29, 1.82) is 0 Å². The summed E-state index contributed by atoms with van der Waals surface area (Å²) in [5.74, 6) is 0. The number of hydrogen-bond donors (Lipinski definition) is 1. The van der Waals surface area contributed by atoms with Gasteiger partial charge < -0.3 is 5.73 Å². The Morgan fingerprint density at radius 3 is 2.45 bits per heavy atom. The van der Waals surface area contributed by atoms with Crippen molar-refractivity contribution in [2.75, 3.05) is 26.4 Å². The van der Waals surface area contributed by atoms with Crippen LogP contribution >= 0.6 is 0 Å². The molecular weight excluding hydrogens is 150 g/mol. The van der Waals surface area contributed by atoms with E-state index in [2.05, 4.69) is 0 Å². The maximum Gasteiger partial charge on any atom is 0.107 e. The van der Waals surface area contributed by atoms with Gasteiger partial charge in [-0.25, -0.2) is 8.78 Å². The third-order valence-corrected chi connectivity index (χ3v) is 2.13. The van der Waals surface area contributed by atoms with Crippen LogP contribution in [0.15, 0.2) is 0 Å². The first kappa shape index (κ1) is 8.87. The van der Waals surface area contributed by atoms with Crippen LogP contribution in [0.3, 0.4) is 0 Å². The van der Waals surface area contributed by atoms with Gasteiger partial charge in [0.2, 0.25) is 0 Å². The number of nitrogens with two attached hydrogens (primary N) is 1. The molecule has 2 N–H and O–H groups in total. The van der Waals surface area contributed by atoms with E-state index in [9.17, 15) is 8.78 Å². The number of alkyl halides is 2. The fraction of sp³-hybridized carbons (Fsp3) is 1.00. The highest BCUT2D eigenvalue weighted by Crippen LogP contribution is 2.11. The molecule has 1 unspecified atom stereocenters. The SMILES string of the molecule is NC1CCN(C(CF)CF)C1. The second-order valence-corrected chi connectivity index (χ2v) is 3.01. The molecule has 0 aliphatic carbocycles. The van der Waals surface area contributed by atoms with Crippen LogP contribution < -0.4 is 5.73 Å². The lowest BCUT2D eigenvalue weighted by Crippen LogP contribution is -2.38. The fourth-order valence-corrected chi connectivity index (χ4v) is 1.38. The minimum Gasteiger partial charge on any atom is -0.326 e. The van der Waals surface area contributed by atoms with Crippen LogP contribution in [0.1, 0.15) is 6.42 Å². The van der Waals surface area contributed by atoms with Crippen LogP contribution in [0, 0.1) is 0 Å². The molecule has 0 aromatic carbocycles. The minimum absolute atomic E-state index is 0.107. The first-order valence-corrected chi connectivity index (χ1v) is 3.89. The molecule has 1 fully saturated rings. The molecule has 1 aliphatic heterocycles. The van der Waals surface area contributed by atoms with E-state index in [0.717, 1.165) is 13.0 Å². The normalized spacial score (nSPS) is 26.7. The lowest BCUT2D eigenvalue weighted by atomic mass is 10.3. The zero-order valence-corrected chi connectivity index (χ0v) is 6.47. The van der Waals surface area contributed by atoms with E-state index in [1.54, 1.807) is 4.90 Å². The van der Waals surface area contributed by atoms with Gasteiger partial charge in [-0.05, 0) is 6.42 Å². The van der Waals surface area contributed by atoms with Gasteiger partial charge in [0.05, 0.1) is 6.04 Å². The summed E-state index contributed by atoms with van der Waals surface area (Å²) in [5.41, 5.74) is 5.59. The summed E-state index contributed by atoms with van der Waals surface area (Å²) in [6.07, 6.45) is 0.858. The van der Waals surface area contributed by atoms with Gasteiger partial charge in [0.15, 0.2) is 0 Å². The molecule has 11 heavy (non-hydrogen) atoms. The van der Waals surface area contributed by atoms with Crippen molar-refractivity contribution in [3.8, 4) is 0 Å². The van der Waals surface area contributed by atoms with E-state index in [0.29, 0.717) is 6.54 Å². The molecule has 0 bridgehead atoms. The minimum atomic E-state index is -0.608. The van der Waals surface area contributed by atoms with Crippen molar-refractivity contribution in [2.45, 2.75) is 18.5 Å². The van der Waals surface area contributed by atoms with Crippen LogP contribution in [0.2, 0.25) is 0 Å². The second kappa shape index (κ2) is 3.97. The molecule has 66 valence electrons. The average molecular weight is 164 g/mol. The van der Waals surface area contributed by atoms with Gasteiger partial charge in [0, 0.05) is 19.1 Å². The third-order valence-electron chi connectivity index (χ3n) is 2.13. The van der Waals surface area contributed by atoms with E-state index in [-0.39, 0.29) is 6.04 Å². The van der Waals surface area contributed by atoms with E-state index in [1.807, 2.05) is 0 Å². The monoisotopic (exact) mass is 164 g/mol. The van der Waals surface area contributed by atoms with Gasteiger partial charge >= 0.3 is 0 Å². The largest absolute Gasteiger partial charge is 0.326 e. The standard InChI is InChI=1S/C7H14F2N2/c8-3-7(4-9)11-2-1-6(10)5-11/h6-7H,1-5,10H2. The number of likely N-dealkylation sites (tertiary alicyclic amines) is 1. The molecule has 1 aliphatic rings. The van der Waals surface area contributed by atoms with Gasteiger partial charge in [-0.2, -0.15) is 0 Å². The number of nitrogens with zero attached hydrogens (tertiary/aromatic N) is 1. The summed E-state index contributed by atoms with van der Waals surface area (Å²) in [6, 6.07) is -0.445. The summed E-state index contributed by atoms with van der Waals surface area (Å²) in [6.45, 7) is 0.157. The van der Waals surface area contributed by atoms with Gasteiger partial charge in [-0.3, -0.25) is 4.90 Å². The molecule has 1 saturated heterocycles. The summed E-state index contributed by atoms with van der Waals surface area (Å²) in [5, 5.41) is 0. The van der Waals surface area contributed by atoms with Gasteiger partial charge in [0.1, 0.15) is 13.3 Å². The molecule has 0 amide bonds. The average Bonchev–Trinajstić information content (AvgIpc) is 2.39. The van der Waals surface area contributed by atoms with Crippen LogP contribution in [0.25, 0.3) is 0 Å². The van der Waals surface area contributed by atoms with Crippen LogP contribution in [-0.4, -0.2) is 43.4 Å². The van der Waals surface area contributed by atoms with E-state index >= 15 is 0 Å². The zero-order chi connectivity index (χ0) is 8.27. The Morgan fingerprint density at radius 1 is 1.45 bits per heavy atom. The molecule has 4 heteroatoms. The molecule has 0 aromatic heterocycles. The Hall–Kier alpha value is -0.220. The molecule has 2 nitrogen and oxygen atoms in total. The second-order valence-electron chi connectivity index (χ2n) is 3.01. The van der Waals surface area contributed by atoms with E-state index < -0.39 is 19.4 Å². The Kier molecular flexibility index (Phi) is 3.20. The summed E-state index contributed by atoms with van der Waals surface area (Å²) < 4.78 is 24.2. The highest BCUT2D eigenvalue weighted by Gasteiger charge is 2.25. The van der Waals surface area contributed by atoms with Gasteiger partial charge in [0.25, 0.3) is 0 Å². The zero-order valence-electron chi connectivity index (χ0n) is 6.47. The van der Waals surface area contributed by atoms with Gasteiger partial charge in [-0.15, -0.1) is 0 Å². The predicted octanol–water partition coefficient (Wildman–Crippen LogP) is 0.327. The van der Waals surface area contributed by atoms with Crippen molar-refractivity contribution in [3.63, 3.8) is 0 Å². The summed E-state index contributed by atoms with van der Waals surface area (Å²) in [7, 11) is 0. The highest BCUT2D eigenvalue weighted by molar-refractivity contribution is 4.82. The van der Waals surface area contributed by atoms with E-state index in [4.69, 9.17) is 5.73 Å². The molecule has 0 aromatic rings. The predicted molar refractivity (Wildman–Crippen MR) is 39.9 cm³/mol. The molecule has 1 heterocycles. The lowest BCUT2D eigenvalue weighted by Gasteiger charge is -2.21. The first-order valence-electron chi connectivity index (χ1n) is 3.89. The van der Waals surface area contributed by atoms with E-state index in [1.165, 1.54) is 0 Å². The molecule has 1 atom stereocenters. The highest BCUT2D eigenvalue weighted by atomic mass is 19.1. The summed E-state index contributed by atoms with van der Waals surface area (Å²) in [4.78, 5) is 1.78. The quantitative estimate of drug-likeness (QED) is 0.651. The Labute approximate surface area is 65.4 Å². The fourth-order valence-electron chi connectivity index (χ4n) is 1.38. The topological polar surface area (TPSA) is 29.3 Å². The van der Waals surface area contributed by atoms with Crippen LogP contribution in [0.5, 0.6) is 0 Å². The van der Waals surface area contributed by atoms with Crippen molar-refractivity contribution in [2.24, 2.45) is 5.73 Å². The number of rotatable bonds is 3. The van der Waals surface area contributed by atoms with Gasteiger partial charge in [-0.1, -0.05) is 0 Å². The van der Waals surface area contributed by atoms with Crippen molar-refractivity contribution in [3.05, 3.63) is 0 Å². The molecule has 0 saturated carbocycles. The molecule has 0 radical (unpaired) electrons. The third kappa shape index (κ3) is 2.10.